The summed E-state index contributed by atoms with van der Waals surface area (Å²) in [5, 5.41) is 7.05. The van der Waals surface area contributed by atoms with Crippen LogP contribution in [0, 0.1) is 12.3 Å². The molecular weight excluding hydrogens is 216 g/mol. The molecule has 17 heavy (non-hydrogen) atoms. The maximum Gasteiger partial charge on any atom is 0.231 e. The van der Waals surface area contributed by atoms with E-state index in [1.54, 1.807) is 10.9 Å². The van der Waals surface area contributed by atoms with Crippen molar-refractivity contribution in [3.63, 3.8) is 0 Å². The van der Waals surface area contributed by atoms with E-state index in [1.165, 1.54) is 0 Å². The molecule has 0 aromatic carbocycles. The maximum atomic E-state index is 12.2. The number of anilines is 1. The quantitative estimate of drug-likeness (QED) is 0.836. The third kappa shape index (κ3) is 2.66. The van der Waals surface area contributed by atoms with Crippen molar-refractivity contribution in [2.24, 2.45) is 18.2 Å². The van der Waals surface area contributed by atoms with Gasteiger partial charge in [-0.3, -0.25) is 9.48 Å². The van der Waals surface area contributed by atoms with Crippen molar-refractivity contribution in [3.05, 3.63) is 11.9 Å². The number of carbonyl (C=O) groups excluding carboxylic acids is 1. The number of hydrogen-bond acceptors (Lipinski definition) is 3. The third-order valence-electron chi connectivity index (χ3n) is 3.44. The van der Waals surface area contributed by atoms with Crippen LogP contribution in [0.25, 0.3) is 0 Å². The van der Waals surface area contributed by atoms with Crippen LogP contribution in [0.2, 0.25) is 0 Å². The summed E-state index contributed by atoms with van der Waals surface area (Å²) in [6.07, 6.45) is 1.78. The van der Waals surface area contributed by atoms with Gasteiger partial charge >= 0.3 is 0 Å². The molecule has 96 valence electrons. The molecule has 0 saturated carbocycles. The van der Waals surface area contributed by atoms with Crippen LogP contribution in [0.1, 0.15) is 33.4 Å². The Morgan fingerprint density at radius 3 is 2.29 bits per heavy atom. The van der Waals surface area contributed by atoms with Crippen LogP contribution < -0.4 is 11.1 Å². The summed E-state index contributed by atoms with van der Waals surface area (Å²) in [5.41, 5.74) is 6.31. The van der Waals surface area contributed by atoms with Gasteiger partial charge in [-0.05, 0) is 34.6 Å². The molecule has 1 amide bonds. The molecule has 0 unspecified atom stereocenters. The van der Waals surface area contributed by atoms with E-state index in [9.17, 15) is 4.79 Å². The van der Waals surface area contributed by atoms with E-state index < -0.39 is 11.0 Å². The van der Waals surface area contributed by atoms with Crippen LogP contribution in [-0.4, -0.2) is 21.2 Å². The molecule has 0 aliphatic carbocycles. The molecule has 0 saturated heterocycles. The molecule has 0 aliphatic heterocycles. The number of nitrogens with zero attached hydrogens (tertiary/aromatic N) is 2. The van der Waals surface area contributed by atoms with Gasteiger partial charge < -0.3 is 11.1 Å². The second-order valence-electron chi connectivity index (χ2n) is 5.60. The van der Waals surface area contributed by atoms with Crippen LogP contribution in [0.3, 0.4) is 0 Å². The van der Waals surface area contributed by atoms with E-state index in [1.807, 2.05) is 41.7 Å². The molecule has 1 rings (SSSR count). The number of amides is 1. The molecule has 0 spiro atoms. The fraction of sp³-hybridized carbons (Fsp3) is 0.667. The zero-order valence-electron chi connectivity index (χ0n) is 11.5. The summed E-state index contributed by atoms with van der Waals surface area (Å²) in [6.45, 7) is 9.24. The lowest BCUT2D eigenvalue weighted by atomic mass is 9.74. The first-order valence-electron chi connectivity index (χ1n) is 5.66. The Hall–Kier alpha value is -1.36. The maximum absolute atomic E-state index is 12.2. The molecule has 0 fully saturated rings. The van der Waals surface area contributed by atoms with Crippen LogP contribution in [0.4, 0.5) is 5.69 Å². The summed E-state index contributed by atoms with van der Waals surface area (Å²) in [5.74, 6) is -0.0962. The minimum Gasteiger partial charge on any atom is -0.325 e. The van der Waals surface area contributed by atoms with Gasteiger partial charge in [-0.2, -0.15) is 5.10 Å². The SMILES string of the molecule is Cc1nn(C)cc1NC(=O)C(C)(C)C(C)(C)N. The Bertz CT molecular complexity index is 426. The highest BCUT2D eigenvalue weighted by Crippen LogP contribution is 2.30. The highest BCUT2D eigenvalue weighted by molar-refractivity contribution is 5.96. The molecular formula is C12H22N4O. The Morgan fingerprint density at radius 2 is 1.94 bits per heavy atom. The molecule has 5 nitrogen and oxygen atoms in total. The van der Waals surface area contributed by atoms with Gasteiger partial charge in [0.25, 0.3) is 0 Å². The first-order chi connectivity index (χ1) is 7.55. The Kier molecular flexibility index (Phi) is 3.34. The fourth-order valence-electron chi connectivity index (χ4n) is 1.29. The number of nitrogens with two attached hydrogens (primary N) is 1. The minimum absolute atomic E-state index is 0.0962. The van der Waals surface area contributed by atoms with Crippen molar-refractivity contribution in [2.75, 3.05) is 5.32 Å². The van der Waals surface area contributed by atoms with Gasteiger partial charge in [-0.25, -0.2) is 0 Å². The number of rotatable bonds is 3. The average molecular weight is 238 g/mol. The molecule has 0 radical (unpaired) electrons. The smallest absolute Gasteiger partial charge is 0.231 e. The second kappa shape index (κ2) is 4.14. The molecule has 0 atom stereocenters. The average Bonchev–Trinajstić information content (AvgIpc) is 2.43. The molecule has 1 aromatic rings. The lowest BCUT2D eigenvalue weighted by molar-refractivity contribution is -0.126. The normalized spacial score (nSPS) is 12.6. The summed E-state index contributed by atoms with van der Waals surface area (Å²) in [7, 11) is 1.82. The van der Waals surface area contributed by atoms with Gasteiger partial charge in [0, 0.05) is 18.8 Å². The molecule has 1 aromatic heterocycles. The van der Waals surface area contributed by atoms with Crippen molar-refractivity contribution < 1.29 is 4.79 Å². The lowest BCUT2D eigenvalue weighted by Gasteiger charge is -2.36. The summed E-state index contributed by atoms with van der Waals surface area (Å²) >= 11 is 0. The fourth-order valence-corrected chi connectivity index (χ4v) is 1.29. The van der Waals surface area contributed by atoms with Crippen molar-refractivity contribution in [1.29, 1.82) is 0 Å². The number of hydrogen-bond donors (Lipinski definition) is 2. The summed E-state index contributed by atoms with van der Waals surface area (Å²) in [6, 6.07) is 0. The minimum atomic E-state index is -0.657. The zero-order chi connectivity index (χ0) is 13.4. The first kappa shape index (κ1) is 13.7. The van der Waals surface area contributed by atoms with E-state index >= 15 is 0 Å². The third-order valence-corrected chi connectivity index (χ3v) is 3.44. The first-order valence-corrected chi connectivity index (χ1v) is 5.66. The van der Waals surface area contributed by atoms with Gasteiger partial charge in [0.05, 0.1) is 16.8 Å². The number of aromatic nitrogens is 2. The molecule has 5 heteroatoms. The molecule has 0 bridgehead atoms. The van der Waals surface area contributed by atoms with Gasteiger partial charge in [-0.15, -0.1) is 0 Å². The van der Waals surface area contributed by atoms with E-state index in [2.05, 4.69) is 10.4 Å². The predicted molar refractivity (Wildman–Crippen MR) is 68.6 cm³/mol. The second-order valence-corrected chi connectivity index (χ2v) is 5.60. The standard InChI is InChI=1S/C12H22N4O/c1-8-9(7-16(6)15-8)14-10(17)11(2,3)12(4,5)13/h7H,13H2,1-6H3,(H,14,17). The number of nitrogens with one attached hydrogen (secondary N) is 1. The van der Waals surface area contributed by atoms with E-state index in [4.69, 9.17) is 5.73 Å². The van der Waals surface area contributed by atoms with Crippen molar-refractivity contribution in [2.45, 2.75) is 40.2 Å². The van der Waals surface area contributed by atoms with Gasteiger partial charge in [0.15, 0.2) is 0 Å². The van der Waals surface area contributed by atoms with Crippen LogP contribution in [0.5, 0.6) is 0 Å². The monoisotopic (exact) mass is 238 g/mol. The van der Waals surface area contributed by atoms with Crippen molar-refractivity contribution in [1.82, 2.24) is 9.78 Å². The summed E-state index contributed by atoms with van der Waals surface area (Å²) in [4.78, 5) is 12.2. The zero-order valence-corrected chi connectivity index (χ0v) is 11.5. The largest absolute Gasteiger partial charge is 0.325 e. The van der Waals surface area contributed by atoms with Crippen molar-refractivity contribution >= 4 is 11.6 Å². The van der Waals surface area contributed by atoms with Crippen LogP contribution in [0.15, 0.2) is 6.20 Å². The van der Waals surface area contributed by atoms with Gasteiger partial charge in [0.1, 0.15) is 0 Å². The molecule has 3 N–H and O–H groups in total. The predicted octanol–water partition coefficient (Wildman–Crippen LogP) is 1.43. The Balaban J connectivity index is 2.90. The summed E-state index contributed by atoms with van der Waals surface area (Å²) < 4.78 is 1.67. The highest BCUT2D eigenvalue weighted by atomic mass is 16.2. The Morgan fingerprint density at radius 1 is 1.41 bits per heavy atom. The van der Waals surface area contributed by atoms with Crippen molar-refractivity contribution in [3.8, 4) is 0 Å². The van der Waals surface area contributed by atoms with Gasteiger partial charge in [-0.1, -0.05) is 0 Å². The number of aryl methyl sites for hydroxylation is 2. The molecule has 0 aliphatic rings. The van der Waals surface area contributed by atoms with Crippen LogP contribution >= 0.6 is 0 Å². The van der Waals surface area contributed by atoms with E-state index in [-0.39, 0.29) is 5.91 Å². The van der Waals surface area contributed by atoms with Crippen LogP contribution in [-0.2, 0) is 11.8 Å². The lowest BCUT2D eigenvalue weighted by Crippen LogP contribution is -2.53. The van der Waals surface area contributed by atoms with E-state index in [0.29, 0.717) is 0 Å². The Labute approximate surface area is 102 Å². The topological polar surface area (TPSA) is 72.9 Å². The molecule has 1 heterocycles. The highest BCUT2D eigenvalue weighted by Gasteiger charge is 2.40. The van der Waals surface area contributed by atoms with E-state index in [0.717, 1.165) is 11.4 Å². The number of carbonyl (C=O) groups is 1. The van der Waals surface area contributed by atoms with Gasteiger partial charge in [0.2, 0.25) is 5.91 Å².